The minimum Gasteiger partial charge on any atom is -0.369 e. The summed E-state index contributed by atoms with van der Waals surface area (Å²) in [5.74, 6) is 1.08. The molecule has 110 valence electrons. The number of pyridine rings is 1. The molecule has 22 heavy (non-hydrogen) atoms. The van der Waals surface area contributed by atoms with Gasteiger partial charge in [-0.2, -0.15) is 5.10 Å². The zero-order valence-electron chi connectivity index (χ0n) is 12.2. The fourth-order valence-corrected chi connectivity index (χ4v) is 3.17. The summed E-state index contributed by atoms with van der Waals surface area (Å²) < 4.78 is 1.99. The van der Waals surface area contributed by atoms with Crippen molar-refractivity contribution in [2.75, 3.05) is 11.9 Å². The Hall–Kier alpha value is -2.33. The third-order valence-corrected chi connectivity index (χ3v) is 4.23. The van der Waals surface area contributed by atoms with Crippen molar-refractivity contribution >= 4 is 17.4 Å². The Labute approximate surface area is 133 Å². The standard InChI is InChI=1S/C17H15ClN4/c1-11-10-13(18)2-3-15(11)22-17-14(6-9-20-17)16(21-22)12-4-7-19-8-5-12/h2-5,7-8,10,20H,6,9H2,1H3. The van der Waals surface area contributed by atoms with Gasteiger partial charge in [-0.1, -0.05) is 11.6 Å². The second kappa shape index (κ2) is 5.14. The highest BCUT2D eigenvalue weighted by Crippen LogP contribution is 2.35. The predicted molar refractivity (Wildman–Crippen MR) is 88.7 cm³/mol. The van der Waals surface area contributed by atoms with Crippen LogP contribution in [-0.4, -0.2) is 21.3 Å². The maximum atomic E-state index is 6.07. The van der Waals surface area contributed by atoms with Crippen LogP contribution in [0.3, 0.4) is 0 Å². The highest BCUT2D eigenvalue weighted by molar-refractivity contribution is 6.30. The van der Waals surface area contributed by atoms with Crippen molar-refractivity contribution in [1.29, 1.82) is 0 Å². The molecule has 0 saturated carbocycles. The second-order valence-electron chi connectivity index (χ2n) is 5.43. The number of benzene rings is 1. The van der Waals surface area contributed by atoms with Gasteiger partial charge in [-0.15, -0.1) is 0 Å². The first kappa shape index (κ1) is 13.3. The van der Waals surface area contributed by atoms with Crippen molar-refractivity contribution in [1.82, 2.24) is 14.8 Å². The average molecular weight is 311 g/mol. The van der Waals surface area contributed by atoms with E-state index in [2.05, 4.69) is 17.2 Å². The van der Waals surface area contributed by atoms with Gasteiger partial charge in [-0.05, 0) is 49.2 Å². The maximum absolute atomic E-state index is 6.07. The molecule has 0 unspecified atom stereocenters. The lowest BCUT2D eigenvalue weighted by Gasteiger charge is -2.09. The van der Waals surface area contributed by atoms with Crippen molar-refractivity contribution in [3.05, 3.63) is 58.9 Å². The Morgan fingerprint density at radius 3 is 2.77 bits per heavy atom. The lowest BCUT2D eigenvalue weighted by Crippen LogP contribution is -2.05. The summed E-state index contributed by atoms with van der Waals surface area (Å²) in [7, 11) is 0. The van der Waals surface area contributed by atoms with Crippen LogP contribution in [0.15, 0.2) is 42.7 Å². The van der Waals surface area contributed by atoms with Gasteiger partial charge in [0.2, 0.25) is 0 Å². The van der Waals surface area contributed by atoms with Crippen LogP contribution in [0.5, 0.6) is 0 Å². The molecule has 1 aromatic carbocycles. The molecular weight excluding hydrogens is 296 g/mol. The largest absolute Gasteiger partial charge is 0.369 e. The van der Waals surface area contributed by atoms with E-state index in [1.807, 2.05) is 35.0 Å². The Morgan fingerprint density at radius 2 is 2.00 bits per heavy atom. The highest BCUT2D eigenvalue weighted by atomic mass is 35.5. The van der Waals surface area contributed by atoms with Crippen molar-refractivity contribution in [2.24, 2.45) is 0 Å². The van der Waals surface area contributed by atoms with Gasteiger partial charge in [0.1, 0.15) is 5.82 Å². The van der Waals surface area contributed by atoms with Gasteiger partial charge in [0.05, 0.1) is 11.4 Å². The summed E-state index contributed by atoms with van der Waals surface area (Å²) in [5.41, 5.74) is 5.54. The van der Waals surface area contributed by atoms with E-state index in [9.17, 15) is 0 Å². The number of hydrogen-bond acceptors (Lipinski definition) is 3. The molecule has 1 aliphatic heterocycles. The van der Waals surface area contributed by atoms with Crippen LogP contribution < -0.4 is 5.32 Å². The van der Waals surface area contributed by atoms with Gasteiger partial charge in [-0.25, -0.2) is 4.68 Å². The zero-order valence-corrected chi connectivity index (χ0v) is 12.9. The zero-order chi connectivity index (χ0) is 15.1. The number of fused-ring (bicyclic) bond motifs is 1. The van der Waals surface area contributed by atoms with E-state index < -0.39 is 0 Å². The number of halogens is 1. The summed E-state index contributed by atoms with van der Waals surface area (Å²) in [4.78, 5) is 4.09. The first-order chi connectivity index (χ1) is 10.7. The first-order valence-corrected chi connectivity index (χ1v) is 7.64. The minimum atomic E-state index is 0.743. The quantitative estimate of drug-likeness (QED) is 0.781. The SMILES string of the molecule is Cc1cc(Cl)ccc1-n1nc(-c2ccncc2)c2c1NCC2. The molecule has 0 radical (unpaired) electrons. The molecule has 0 saturated heterocycles. The molecule has 0 bridgehead atoms. The summed E-state index contributed by atoms with van der Waals surface area (Å²) in [6.07, 6.45) is 4.59. The fourth-order valence-electron chi connectivity index (χ4n) is 2.95. The van der Waals surface area contributed by atoms with Gasteiger partial charge in [-0.3, -0.25) is 4.98 Å². The number of nitrogens with zero attached hydrogens (tertiary/aromatic N) is 3. The number of hydrogen-bond donors (Lipinski definition) is 1. The van der Waals surface area contributed by atoms with Crippen LogP contribution in [0.25, 0.3) is 16.9 Å². The third kappa shape index (κ3) is 2.07. The smallest absolute Gasteiger partial charge is 0.133 e. The van der Waals surface area contributed by atoms with Crippen molar-refractivity contribution in [3.63, 3.8) is 0 Å². The van der Waals surface area contributed by atoms with E-state index >= 15 is 0 Å². The van der Waals surface area contributed by atoms with E-state index in [-0.39, 0.29) is 0 Å². The lowest BCUT2D eigenvalue weighted by molar-refractivity contribution is 0.875. The molecule has 0 atom stereocenters. The maximum Gasteiger partial charge on any atom is 0.133 e. The summed E-state index contributed by atoms with van der Waals surface area (Å²) in [5, 5.41) is 9.04. The molecule has 0 aliphatic carbocycles. The van der Waals surface area contributed by atoms with Crippen molar-refractivity contribution in [2.45, 2.75) is 13.3 Å². The number of aromatic nitrogens is 3. The van der Waals surface area contributed by atoms with Gasteiger partial charge in [0.15, 0.2) is 0 Å². The Morgan fingerprint density at radius 1 is 1.18 bits per heavy atom. The second-order valence-corrected chi connectivity index (χ2v) is 5.87. The van der Waals surface area contributed by atoms with E-state index in [1.54, 1.807) is 12.4 Å². The van der Waals surface area contributed by atoms with Crippen LogP contribution in [0.4, 0.5) is 5.82 Å². The molecule has 4 nitrogen and oxygen atoms in total. The van der Waals surface area contributed by atoms with Crippen LogP contribution in [0.2, 0.25) is 5.02 Å². The van der Waals surface area contributed by atoms with E-state index in [1.165, 1.54) is 5.56 Å². The van der Waals surface area contributed by atoms with Crippen molar-refractivity contribution < 1.29 is 0 Å². The molecule has 2 aromatic heterocycles. The molecule has 3 heterocycles. The number of nitrogens with one attached hydrogen (secondary N) is 1. The number of anilines is 1. The van der Waals surface area contributed by atoms with Gasteiger partial charge < -0.3 is 5.32 Å². The topological polar surface area (TPSA) is 42.7 Å². The van der Waals surface area contributed by atoms with Crippen LogP contribution in [-0.2, 0) is 6.42 Å². The molecule has 1 N–H and O–H groups in total. The lowest BCUT2D eigenvalue weighted by atomic mass is 10.1. The average Bonchev–Trinajstić information content (AvgIpc) is 3.11. The Balaban J connectivity index is 1.92. The molecule has 0 fully saturated rings. The van der Waals surface area contributed by atoms with Crippen LogP contribution >= 0.6 is 11.6 Å². The van der Waals surface area contributed by atoms with E-state index in [0.29, 0.717) is 0 Å². The molecule has 0 amide bonds. The molecular formula is C17H15ClN4. The molecule has 0 spiro atoms. The predicted octanol–water partition coefficient (Wildman–Crippen LogP) is 3.86. The molecule has 4 rings (SSSR count). The fraction of sp³-hybridized carbons (Fsp3) is 0.176. The van der Waals surface area contributed by atoms with Gasteiger partial charge in [0, 0.05) is 35.1 Å². The number of aryl methyl sites for hydroxylation is 1. The summed E-state index contributed by atoms with van der Waals surface area (Å²) in [6, 6.07) is 9.88. The minimum absolute atomic E-state index is 0.743. The van der Waals surface area contributed by atoms with Crippen LogP contribution in [0, 0.1) is 6.92 Å². The normalized spacial score (nSPS) is 13.0. The molecule has 1 aliphatic rings. The van der Waals surface area contributed by atoms with Gasteiger partial charge in [0.25, 0.3) is 0 Å². The molecule has 5 heteroatoms. The van der Waals surface area contributed by atoms with Crippen LogP contribution in [0.1, 0.15) is 11.1 Å². The van der Waals surface area contributed by atoms with E-state index in [4.69, 9.17) is 16.7 Å². The summed E-state index contributed by atoms with van der Waals surface area (Å²) in [6.45, 7) is 2.99. The van der Waals surface area contributed by atoms with Gasteiger partial charge >= 0.3 is 0 Å². The highest BCUT2D eigenvalue weighted by Gasteiger charge is 2.24. The van der Waals surface area contributed by atoms with Crippen molar-refractivity contribution in [3.8, 4) is 16.9 Å². The Bertz CT molecular complexity index is 839. The number of rotatable bonds is 2. The monoisotopic (exact) mass is 310 g/mol. The first-order valence-electron chi connectivity index (χ1n) is 7.27. The Kier molecular flexibility index (Phi) is 3.12. The third-order valence-electron chi connectivity index (χ3n) is 3.99. The van der Waals surface area contributed by atoms with E-state index in [0.717, 1.165) is 46.3 Å². The molecule has 3 aromatic rings. The summed E-state index contributed by atoms with van der Waals surface area (Å²) >= 11 is 6.07.